The SMILES string of the molecule is C=CCN1CCN(C(c2ccccc2)c2nnnn2C(C)C)CC1. The number of aromatic nitrogens is 4. The van der Waals surface area contributed by atoms with Crippen molar-refractivity contribution in [3.05, 3.63) is 54.4 Å². The molecular weight excluding hydrogens is 300 g/mol. The maximum absolute atomic E-state index is 4.38. The molecule has 0 bridgehead atoms. The Morgan fingerprint density at radius 1 is 1.12 bits per heavy atom. The molecule has 1 atom stereocenters. The lowest BCUT2D eigenvalue weighted by molar-refractivity contribution is 0.112. The topological polar surface area (TPSA) is 50.1 Å². The molecule has 1 aromatic carbocycles. The molecule has 2 heterocycles. The van der Waals surface area contributed by atoms with E-state index in [1.54, 1.807) is 0 Å². The van der Waals surface area contributed by atoms with Crippen molar-refractivity contribution in [1.82, 2.24) is 30.0 Å². The van der Waals surface area contributed by atoms with E-state index in [2.05, 4.69) is 70.0 Å². The van der Waals surface area contributed by atoms with Crippen molar-refractivity contribution in [2.75, 3.05) is 32.7 Å². The smallest absolute Gasteiger partial charge is 0.173 e. The number of hydrogen-bond donors (Lipinski definition) is 0. The van der Waals surface area contributed by atoms with E-state index >= 15 is 0 Å². The molecule has 24 heavy (non-hydrogen) atoms. The summed E-state index contributed by atoms with van der Waals surface area (Å²) in [5.41, 5.74) is 1.24. The average Bonchev–Trinajstić information content (AvgIpc) is 3.07. The van der Waals surface area contributed by atoms with E-state index in [0.717, 1.165) is 38.5 Å². The van der Waals surface area contributed by atoms with Gasteiger partial charge in [0.2, 0.25) is 0 Å². The maximum Gasteiger partial charge on any atom is 0.173 e. The highest BCUT2D eigenvalue weighted by Crippen LogP contribution is 2.29. The number of hydrogen-bond acceptors (Lipinski definition) is 5. The van der Waals surface area contributed by atoms with Gasteiger partial charge in [0, 0.05) is 32.7 Å². The van der Waals surface area contributed by atoms with E-state index in [9.17, 15) is 0 Å². The van der Waals surface area contributed by atoms with E-state index in [1.165, 1.54) is 5.56 Å². The monoisotopic (exact) mass is 326 g/mol. The summed E-state index contributed by atoms with van der Waals surface area (Å²) in [6, 6.07) is 10.9. The van der Waals surface area contributed by atoms with Gasteiger partial charge in [0.1, 0.15) is 0 Å². The van der Waals surface area contributed by atoms with Crippen LogP contribution in [0, 0.1) is 0 Å². The van der Waals surface area contributed by atoms with Crippen LogP contribution < -0.4 is 0 Å². The molecule has 0 aliphatic carbocycles. The zero-order valence-electron chi connectivity index (χ0n) is 14.5. The Bertz CT molecular complexity index is 643. The third-order valence-electron chi connectivity index (χ3n) is 4.53. The summed E-state index contributed by atoms with van der Waals surface area (Å²) in [6.45, 7) is 13.1. The summed E-state index contributed by atoms with van der Waals surface area (Å²) in [7, 11) is 0. The van der Waals surface area contributed by atoms with Crippen LogP contribution in [0.5, 0.6) is 0 Å². The van der Waals surface area contributed by atoms with Gasteiger partial charge < -0.3 is 0 Å². The fourth-order valence-electron chi connectivity index (χ4n) is 3.29. The zero-order valence-corrected chi connectivity index (χ0v) is 14.5. The van der Waals surface area contributed by atoms with Crippen molar-refractivity contribution in [3.8, 4) is 0 Å². The van der Waals surface area contributed by atoms with Crippen LogP contribution in [0.3, 0.4) is 0 Å². The summed E-state index contributed by atoms with van der Waals surface area (Å²) in [4.78, 5) is 4.91. The molecule has 3 rings (SSSR count). The van der Waals surface area contributed by atoms with E-state index < -0.39 is 0 Å². The fraction of sp³-hybridized carbons (Fsp3) is 0.500. The van der Waals surface area contributed by atoms with Gasteiger partial charge in [-0.05, 0) is 29.8 Å². The van der Waals surface area contributed by atoms with Gasteiger partial charge in [-0.15, -0.1) is 11.7 Å². The van der Waals surface area contributed by atoms with Gasteiger partial charge in [0.15, 0.2) is 5.82 Å². The number of nitrogens with zero attached hydrogens (tertiary/aromatic N) is 6. The van der Waals surface area contributed by atoms with Crippen LogP contribution in [-0.2, 0) is 0 Å². The molecule has 1 unspecified atom stereocenters. The molecular formula is C18H26N6. The minimum absolute atomic E-state index is 0.0921. The highest BCUT2D eigenvalue weighted by Gasteiger charge is 2.30. The third kappa shape index (κ3) is 3.55. The number of benzene rings is 1. The third-order valence-corrected chi connectivity index (χ3v) is 4.53. The van der Waals surface area contributed by atoms with Gasteiger partial charge in [0.25, 0.3) is 0 Å². The van der Waals surface area contributed by atoms with Gasteiger partial charge in [0.05, 0.1) is 12.1 Å². The van der Waals surface area contributed by atoms with Gasteiger partial charge in [-0.3, -0.25) is 9.80 Å². The largest absolute Gasteiger partial charge is 0.297 e. The van der Waals surface area contributed by atoms with Gasteiger partial charge in [-0.25, -0.2) is 4.68 Å². The van der Waals surface area contributed by atoms with E-state index in [1.807, 2.05) is 16.8 Å². The van der Waals surface area contributed by atoms with Gasteiger partial charge >= 0.3 is 0 Å². The first-order chi connectivity index (χ1) is 11.7. The first-order valence-corrected chi connectivity index (χ1v) is 8.60. The summed E-state index contributed by atoms with van der Waals surface area (Å²) in [5.74, 6) is 0.924. The first kappa shape index (κ1) is 16.8. The number of piperazine rings is 1. The van der Waals surface area contributed by atoms with Crippen molar-refractivity contribution in [1.29, 1.82) is 0 Å². The van der Waals surface area contributed by atoms with Crippen LogP contribution in [0.15, 0.2) is 43.0 Å². The Morgan fingerprint density at radius 2 is 1.83 bits per heavy atom. The minimum Gasteiger partial charge on any atom is -0.297 e. The predicted octanol–water partition coefficient (Wildman–Crippen LogP) is 2.15. The highest BCUT2D eigenvalue weighted by atomic mass is 15.6. The Balaban J connectivity index is 1.89. The molecule has 6 nitrogen and oxygen atoms in total. The second kappa shape index (κ2) is 7.68. The molecule has 1 aliphatic rings. The molecule has 2 aromatic rings. The lowest BCUT2D eigenvalue weighted by atomic mass is 10.0. The van der Waals surface area contributed by atoms with Gasteiger partial charge in [-0.2, -0.15) is 0 Å². The van der Waals surface area contributed by atoms with Crippen LogP contribution in [-0.4, -0.2) is 62.7 Å². The van der Waals surface area contributed by atoms with E-state index in [-0.39, 0.29) is 12.1 Å². The standard InChI is InChI=1S/C18H26N6/c1-4-10-22-11-13-23(14-12-22)17(16-8-6-5-7-9-16)18-19-20-21-24(18)15(2)3/h4-9,15,17H,1,10-14H2,2-3H3. The molecule has 0 spiro atoms. The minimum atomic E-state index is 0.0921. The molecule has 0 radical (unpaired) electrons. The predicted molar refractivity (Wildman–Crippen MR) is 94.7 cm³/mol. The normalized spacial score (nSPS) is 18.0. The molecule has 1 fully saturated rings. The Morgan fingerprint density at radius 3 is 2.46 bits per heavy atom. The van der Waals surface area contributed by atoms with Crippen molar-refractivity contribution in [2.45, 2.75) is 25.9 Å². The van der Waals surface area contributed by atoms with E-state index in [4.69, 9.17) is 0 Å². The highest BCUT2D eigenvalue weighted by molar-refractivity contribution is 5.25. The molecule has 1 aliphatic heterocycles. The quantitative estimate of drug-likeness (QED) is 0.761. The summed E-state index contributed by atoms with van der Waals surface area (Å²) in [5, 5.41) is 12.5. The molecule has 0 saturated carbocycles. The number of rotatable bonds is 6. The summed E-state index contributed by atoms with van der Waals surface area (Å²) < 4.78 is 1.94. The first-order valence-electron chi connectivity index (χ1n) is 8.60. The Hall–Kier alpha value is -2.05. The average molecular weight is 326 g/mol. The van der Waals surface area contributed by atoms with Crippen LogP contribution >= 0.6 is 0 Å². The molecule has 1 aromatic heterocycles. The molecule has 0 amide bonds. The van der Waals surface area contributed by atoms with Crippen molar-refractivity contribution >= 4 is 0 Å². The maximum atomic E-state index is 4.38. The van der Waals surface area contributed by atoms with Crippen molar-refractivity contribution in [2.24, 2.45) is 0 Å². The molecule has 1 saturated heterocycles. The molecule has 6 heteroatoms. The lowest BCUT2D eigenvalue weighted by Gasteiger charge is -2.38. The molecule has 128 valence electrons. The van der Waals surface area contributed by atoms with Crippen LogP contribution in [0.4, 0.5) is 0 Å². The van der Waals surface area contributed by atoms with Crippen LogP contribution in [0.1, 0.15) is 37.3 Å². The zero-order chi connectivity index (χ0) is 16.9. The number of tetrazole rings is 1. The summed E-state index contributed by atoms with van der Waals surface area (Å²) in [6.07, 6.45) is 1.98. The fourth-order valence-corrected chi connectivity index (χ4v) is 3.29. The second-order valence-electron chi connectivity index (χ2n) is 6.51. The second-order valence-corrected chi connectivity index (χ2v) is 6.51. The van der Waals surface area contributed by atoms with E-state index in [0.29, 0.717) is 0 Å². The van der Waals surface area contributed by atoms with Crippen LogP contribution in [0.2, 0.25) is 0 Å². The summed E-state index contributed by atoms with van der Waals surface area (Å²) >= 11 is 0. The van der Waals surface area contributed by atoms with Crippen LogP contribution in [0.25, 0.3) is 0 Å². The Kier molecular flexibility index (Phi) is 5.37. The molecule has 0 N–H and O–H groups in total. The van der Waals surface area contributed by atoms with Gasteiger partial charge in [-0.1, -0.05) is 36.4 Å². The lowest BCUT2D eigenvalue weighted by Crippen LogP contribution is -2.48. The van der Waals surface area contributed by atoms with Crippen molar-refractivity contribution < 1.29 is 0 Å². The Labute approximate surface area is 143 Å². The van der Waals surface area contributed by atoms with Crippen molar-refractivity contribution in [3.63, 3.8) is 0 Å².